The normalized spacial score (nSPS) is 21.0. The van der Waals surface area contributed by atoms with Gasteiger partial charge in [0, 0.05) is 29.8 Å². The molecule has 82 valence electrons. The summed E-state index contributed by atoms with van der Waals surface area (Å²) in [6.07, 6.45) is 2.93. The second-order valence-electron chi connectivity index (χ2n) is 3.68. The van der Waals surface area contributed by atoms with E-state index in [9.17, 15) is 0 Å². The topological polar surface area (TPSA) is 28.2 Å². The molecule has 1 atom stereocenters. The SMILES string of the molecule is CNC1CCN(c2ncc(Br)cc2Cl)C1. The zero-order chi connectivity index (χ0) is 10.8. The lowest BCUT2D eigenvalue weighted by Gasteiger charge is -2.18. The summed E-state index contributed by atoms with van der Waals surface area (Å²) < 4.78 is 0.917. The Morgan fingerprint density at radius 1 is 1.67 bits per heavy atom. The number of rotatable bonds is 2. The molecular formula is C10H13BrClN3. The van der Waals surface area contributed by atoms with E-state index in [0.717, 1.165) is 29.8 Å². The maximum absolute atomic E-state index is 6.15. The Kier molecular flexibility index (Phi) is 3.49. The van der Waals surface area contributed by atoms with Gasteiger partial charge in [-0.2, -0.15) is 0 Å². The molecule has 15 heavy (non-hydrogen) atoms. The third kappa shape index (κ3) is 2.44. The molecule has 1 fully saturated rings. The Morgan fingerprint density at radius 2 is 2.47 bits per heavy atom. The molecule has 0 amide bonds. The first kappa shape index (κ1) is 11.2. The van der Waals surface area contributed by atoms with Crippen LogP contribution in [0.4, 0.5) is 5.82 Å². The average Bonchev–Trinajstić information content (AvgIpc) is 2.66. The number of halogens is 2. The summed E-state index contributed by atoms with van der Waals surface area (Å²) in [6.45, 7) is 1.99. The highest BCUT2D eigenvalue weighted by molar-refractivity contribution is 9.10. The summed E-state index contributed by atoms with van der Waals surface area (Å²) in [5, 5.41) is 3.98. The van der Waals surface area contributed by atoms with Gasteiger partial charge in [0.05, 0.1) is 5.02 Å². The van der Waals surface area contributed by atoms with Crippen molar-refractivity contribution in [1.82, 2.24) is 10.3 Å². The van der Waals surface area contributed by atoms with Crippen LogP contribution in [0.25, 0.3) is 0 Å². The fourth-order valence-corrected chi connectivity index (χ4v) is 2.58. The summed E-state index contributed by atoms with van der Waals surface area (Å²) in [5.74, 6) is 0.887. The number of hydrogen-bond donors (Lipinski definition) is 1. The quantitative estimate of drug-likeness (QED) is 0.906. The molecule has 1 aliphatic heterocycles. The lowest BCUT2D eigenvalue weighted by molar-refractivity contribution is 0.616. The van der Waals surface area contributed by atoms with Gasteiger partial charge in [-0.05, 0) is 35.5 Å². The van der Waals surface area contributed by atoms with Crippen LogP contribution in [0.3, 0.4) is 0 Å². The fraction of sp³-hybridized carbons (Fsp3) is 0.500. The van der Waals surface area contributed by atoms with E-state index in [4.69, 9.17) is 11.6 Å². The predicted molar refractivity (Wildman–Crippen MR) is 66.6 cm³/mol. The highest BCUT2D eigenvalue weighted by atomic mass is 79.9. The van der Waals surface area contributed by atoms with Gasteiger partial charge in [-0.25, -0.2) is 4.98 Å². The molecule has 1 unspecified atom stereocenters. The first-order chi connectivity index (χ1) is 7.20. The maximum Gasteiger partial charge on any atom is 0.147 e. The van der Waals surface area contributed by atoms with Crippen molar-refractivity contribution in [2.24, 2.45) is 0 Å². The van der Waals surface area contributed by atoms with E-state index in [2.05, 4.69) is 31.1 Å². The van der Waals surface area contributed by atoms with Gasteiger partial charge in [-0.3, -0.25) is 0 Å². The van der Waals surface area contributed by atoms with E-state index in [1.165, 1.54) is 0 Å². The minimum absolute atomic E-state index is 0.548. The zero-order valence-corrected chi connectivity index (χ0v) is 10.8. The molecule has 5 heteroatoms. The van der Waals surface area contributed by atoms with E-state index in [1.54, 1.807) is 6.20 Å². The molecule has 0 saturated carbocycles. The smallest absolute Gasteiger partial charge is 0.147 e. The Labute approximate surface area is 103 Å². The van der Waals surface area contributed by atoms with Gasteiger partial charge < -0.3 is 10.2 Å². The van der Waals surface area contributed by atoms with Crippen molar-refractivity contribution in [2.45, 2.75) is 12.5 Å². The Morgan fingerprint density at radius 3 is 3.07 bits per heavy atom. The molecule has 2 rings (SSSR count). The minimum Gasteiger partial charge on any atom is -0.354 e. The van der Waals surface area contributed by atoms with Crippen LogP contribution in [-0.2, 0) is 0 Å². The number of aromatic nitrogens is 1. The van der Waals surface area contributed by atoms with Crippen LogP contribution in [0.5, 0.6) is 0 Å². The number of likely N-dealkylation sites (N-methyl/N-ethyl adjacent to an activating group) is 1. The molecule has 1 aromatic rings. The second-order valence-corrected chi connectivity index (χ2v) is 5.00. The molecule has 0 aliphatic carbocycles. The van der Waals surface area contributed by atoms with Crippen molar-refractivity contribution in [3.05, 3.63) is 21.8 Å². The highest BCUT2D eigenvalue weighted by Gasteiger charge is 2.23. The van der Waals surface area contributed by atoms with Crippen LogP contribution in [0, 0.1) is 0 Å². The first-order valence-electron chi connectivity index (χ1n) is 4.94. The van der Waals surface area contributed by atoms with Gasteiger partial charge in [0.2, 0.25) is 0 Å². The molecule has 3 nitrogen and oxygen atoms in total. The van der Waals surface area contributed by atoms with Crippen LogP contribution in [0.2, 0.25) is 5.02 Å². The number of nitrogens with zero attached hydrogens (tertiary/aromatic N) is 2. The van der Waals surface area contributed by atoms with Gasteiger partial charge in [-0.15, -0.1) is 0 Å². The summed E-state index contributed by atoms with van der Waals surface area (Å²) in [5.41, 5.74) is 0. The van der Waals surface area contributed by atoms with Crippen molar-refractivity contribution in [3.8, 4) is 0 Å². The molecule has 0 aromatic carbocycles. The number of pyridine rings is 1. The molecule has 0 bridgehead atoms. The largest absolute Gasteiger partial charge is 0.354 e. The monoisotopic (exact) mass is 289 g/mol. The summed E-state index contributed by atoms with van der Waals surface area (Å²) in [7, 11) is 1.99. The van der Waals surface area contributed by atoms with E-state index in [0.29, 0.717) is 11.1 Å². The molecule has 0 spiro atoms. The van der Waals surface area contributed by atoms with Crippen LogP contribution in [0.15, 0.2) is 16.7 Å². The third-order valence-electron chi connectivity index (χ3n) is 2.68. The first-order valence-corrected chi connectivity index (χ1v) is 6.11. The van der Waals surface area contributed by atoms with Gasteiger partial charge in [0.25, 0.3) is 0 Å². The van der Waals surface area contributed by atoms with Crippen molar-refractivity contribution in [2.75, 3.05) is 25.0 Å². The van der Waals surface area contributed by atoms with Crippen molar-refractivity contribution < 1.29 is 0 Å². The maximum atomic E-state index is 6.15. The predicted octanol–water partition coefficient (Wildman–Crippen LogP) is 2.30. The van der Waals surface area contributed by atoms with Crippen molar-refractivity contribution in [3.63, 3.8) is 0 Å². The summed E-state index contributed by atoms with van der Waals surface area (Å²) >= 11 is 9.50. The summed E-state index contributed by atoms with van der Waals surface area (Å²) in [4.78, 5) is 6.57. The van der Waals surface area contributed by atoms with Crippen molar-refractivity contribution in [1.29, 1.82) is 0 Å². The van der Waals surface area contributed by atoms with Gasteiger partial charge in [0.1, 0.15) is 5.82 Å². The van der Waals surface area contributed by atoms with Crippen LogP contribution in [0.1, 0.15) is 6.42 Å². The Balaban J connectivity index is 2.17. The molecule has 1 aromatic heterocycles. The fourth-order valence-electron chi connectivity index (χ4n) is 1.83. The highest BCUT2D eigenvalue weighted by Crippen LogP contribution is 2.28. The number of anilines is 1. The Bertz CT molecular complexity index is 359. The standard InChI is InChI=1S/C10H13BrClN3/c1-13-8-2-3-15(6-8)10-9(12)4-7(11)5-14-10/h4-5,8,13H,2-3,6H2,1H3. The molecule has 1 saturated heterocycles. The van der Waals surface area contributed by atoms with E-state index in [-0.39, 0.29) is 0 Å². The van der Waals surface area contributed by atoms with Crippen LogP contribution < -0.4 is 10.2 Å². The molecule has 0 radical (unpaired) electrons. The van der Waals surface area contributed by atoms with Crippen LogP contribution in [-0.4, -0.2) is 31.2 Å². The molecule has 1 N–H and O–H groups in total. The molecule has 1 aliphatic rings. The number of hydrogen-bond acceptors (Lipinski definition) is 3. The Hall–Kier alpha value is -0.320. The minimum atomic E-state index is 0.548. The van der Waals surface area contributed by atoms with Crippen LogP contribution >= 0.6 is 27.5 Å². The average molecular weight is 291 g/mol. The zero-order valence-electron chi connectivity index (χ0n) is 8.50. The van der Waals surface area contributed by atoms with Gasteiger partial charge in [-0.1, -0.05) is 11.6 Å². The number of nitrogens with one attached hydrogen (secondary N) is 1. The lowest BCUT2D eigenvalue weighted by Crippen LogP contribution is -2.29. The third-order valence-corrected chi connectivity index (χ3v) is 3.40. The lowest BCUT2D eigenvalue weighted by atomic mass is 10.3. The van der Waals surface area contributed by atoms with Crippen molar-refractivity contribution >= 4 is 33.3 Å². The van der Waals surface area contributed by atoms with Gasteiger partial charge in [0.15, 0.2) is 0 Å². The van der Waals surface area contributed by atoms with Gasteiger partial charge >= 0.3 is 0 Å². The van der Waals surface area contributed by atoms with E-state index in [1.807, 2.05) is 13.1 Å². The second kappa shape index (κ2) is 4.68. The van der Waals surface area contributed by atoms with E-state index >= 15 is 0 Å². The van der Waals surface area contributed by atoms with E-state index < -0.39 is 0 Å². The molecule has 2 heterocycles. The summed E-state index contributed by atoms with van der Waals surface area (Å²) in [6, 6.07) is 2.43. The molecular weight excluding hydrogens is 277 g/mol.